The Bertz CT molecular complexity index is 1670. The number of fused-ring (bicyclic) bond motifs is 5. The van der Waals surface area contributed by atoms with Gasteiger partial charge in [-0.05, 0) is 42.5 Å². The first-order chi connectivity index (χ1) is 19.0. The second kappa shape index (κ2) is 8.36. The lowest BCUT2D eigenvalue weighted by molar-refractivity contribution is 0.0652. The third kappa shape index (κ3) is 3.04. The fourth-order valence-corrected chi connectivity index (χ4v) is 6.67. The van der Waals surface area contributed by atoms with E-state index in [0.29, 0.717) is 39.5 Å². The third-order valence-electron chi connectivity index (χ3n) is 8.24. The lowest BCUT2D eigenvalue weighted by Crippen LogP contribution is -2.48. The summed E-state index contributed by atoms with van der Waals surface area (Å²) < 4.78 is 25.5. The Morgan fingerprint density at radius 1 is 0.949 bits per heavy atom. The molecule has 0 bridgehead atoms. The van der Waals surface area contributed by atoms with Crippen LogP contribution in [0.5, 0.6) is 5.75 Å². The molecule has 3 aromatic carbocycles. The molecular weight excluding hydrogens is 497 g/mol. The largest absolute Gasteiger partial charge is 0.497 e. The molecule has 0 saturated carbocycles. The van der Waals surface area contributed by atoms with Crippen molar-refractivity contribution >= 4 is 29.1 Å². The maximum Gasteiger partial charge on any atom is 0.186 e. The van der Waals surface area contributed by atoms with Gasteiger partial charge in [-0.3, -0.25) is 14.4 Å². The normalized spacial score (nSPS) is 22.1. The zero-order valence-corrected chi connectivity index (χ0v) is 20.8. The summed E-state index contributed by atoms with van der Waals surface area (Å²) in [5, 5.41) is 0. The van der Waals surface area contributed by atoms with Gasteiger partial charge in [0.1, 0.15) is 28.8 Å². The first kappa shape index (κ1) is 23.3. The highest BCUT2D eigenvalue weighted by Gasteiger charge is 2.72. The van der Waals surface area contributed by atoms with Gasteiger partial charge in [-0.2, -0.15) is 0 Å². The number of hydrogen-bond acceptors (Lipinski definition) is 6. The van der Waals surface area contributed by atoms with E-state index in [1.54, 1.807) is 78.9 Å². The number of halogens is 1. The van der Waals surface area contributed by atoms with Crippen molar-refractivity contribution in [3.8, 4) is 5.75 Å². The van der Waals surface area contributed by atoms with Crippen LogP contribution in [-0.4, -0.2) is 36.5 Å². The molecule has 2 aliphatic heterocycles. The van der Waals surface area contributed by atoms with Crippen molar-refractivity contribution in [1.29, 1.82) is 0 Å². The summed E-state index contributed by atoms with van der Waals surface area (Å²) in [5.41, 5.74) is 0.470. The predicted octanol–water partition coefficient (Wildman–Crippen LogP) is 5.74. The van der Waals surface area contributed by atoms with E-state index in [2.05, 4.69) is 0 Å². The molecule has 3 atom stereocenters. The molecule has 7 rings (SSSR count). The molecule has 7 heteroatoms. The first-order valence-corrected chi connectivity index (χ1v) is 12.6. The first-order valence-electron chi connectivity index (χ1n) is 12.6. The molecule has 6 nitrogen and oxygen atoms in total. The van der Waals surface area contributed by atoms with Gasteiger partial charge >= 0.3 is 0 Å². The lowest BCUT2D eigenvalue weighted by atomic mass is 9.65. The maximum absolute atomic E-state index is 14.5. The maximum atomic E-state index is 14.5. The average molecular weight is 520 g/mol. The smallest absolute Gasteiger partial charge is 0.186 e. The summed E-state index contributed by atoms with van der Waals surface area (Å²) in [7, 11) is 1.52. The number of hydrogen-bond donors (Lipinski definition) is 0. The van der Waals surface area contributed by atoms with E-state index in [-0.39, 0.29) is 17.3 Å². The van der Waals surface area contributed by atoms with Crippen LogP contribution in [0.25, 0.3) is 6.08 Å². The van der Waals surface area contributed by atoms with Crippen LogP contribution >= 0.6 is 0 Å². The van der Waals surface area contributed by atoms with Crippen molar-refractivity contribution in [2.75, 3.05) is 12.0 Å². The molecule has 1 spiro atoms. The van der Waals surface area contributed by atoms with Crippen LogP contribution in [0, 0.1) is 11.2 Å². The molecule has 3 heterocycles. The average Bonchev–Trinajstić information content (AvgIpc) is 3.65. The van der Waals surface area contributed by atoms with E-state index in [4.69, 9.17) is 9.15 Å². The van der Waals surface area contributed by atoms with Gasteiger partial charge in [0.05, 0.1) is 25.3 Å². The standard InChI is InChI=1S/C32H22FNO5/c1-38-21-7-4-6-19(17-21)29(35)28-27(25-10-5-15-39-25)32(30(36)22-8-2-3-9-23(22)31(32)37)26-14-11-18-16-20(33)12-13-24(18)34(26)28/h2-17,26-28H,1H3/t26-,27+,28-/m1/s1. The second-order valence-electron chi connectivity index (χ2n) is 10.0. The summed E-state index contributed by atoms with van der Waals surface area (Å²) >= 11 is 0. The fourth-order valence-electron chi connectivity index (χ4n) is 6.67. The Morgan fingerprint density at radius 3 is 2.41 bits per heavy atom. The number of ether oxygens (including phenoxy) is 1. The van der Waals surface area contributed by atoms with Crippen LogP contribution in [0.1, 0.15) is 48.3 Å². The Kier molecular flexibility index (Phi) is 5.01. The van der Waals surface area contributed by atoms with Crippen molar-refractivity contribution in [3.63, 3.8) is 0 Å². The second-order valence-corrected chi connectivity index (χ2v) is 10.0. The highest BCUT2D eigenvalue weighted by Crippen LogP contribution is 2.61. The molecule has 192 valence electrons. The molecule has 1 aliphatic carbocycles. The zero-order valence-electron chi connectivity index (χ0n) is 20.8. The molecule has 0 N–H and O–H groups in total. The van der Waals surface area contributed by atoms with Crippen LogP contribution in [0.2, 0.25) is 0 Å². The minimum absolute atomic E-state index is 0.306. The van der Waals surface area contributed by atoms with Gasteiger partial charge in [-0.15, -0.1) is 0 Å². The summed E-state index contributed by atoms with van der Waals surface area (Å²) in [4.78, 5) is 45.2. The number of benzene rings is 3. The van der Waals surface area contributed by atoms with Crippen molar-refractivity contribution in [3.05, 3.63) is 125 Å². The SMILES string of the molecule is COc1cccc(C(=O)[C@H]2[C@H](c3ccco3)C3(C(=O)c4ccccc4C3=O)[C@H]3C=Cc4cc(F)ccc4N23)c1. The molecule has 1 saturated heterocycles. The van der Waals surface area contributed by atoms with Crippen LogP contribution < -0.4 is 9.64 Å². The lowest BCUT2D eigenvalue weighted by Gasteiger charge is -2.37. The number of ketones is 3. The number of furan rings is 1. The van der Waals surface area contributed by atoms with E-state index in [1.807, 2.05) is 4.90 Å². The molecule has 1 aromatic heterocycles. The predicted molar refractivity (Wildman–Crippen MR) is 142 cm³/mol. The zero-order chi connectivity index (χ0) is 26.9. The number of methoxy groups -OCH3 is 1. The molecular formula is C32H22FNO5. The van der Waals surface area contributed by atoms with E-state index in [9.17, 15) is 18.8 Å². The molecule has 1 fully saturated rings. The molecule has 0 radical (unpaired) electrons. The third-order valence-corrected chi connectivity index (χ3v) is 8.24. The Balaban J connectivity index is 1.53. The summed E-state index contributed by atoms with van der Waals surface area (Å²) in [5.74, 6) is -1.53. The molecule has 39 heavy (non-hydrogen) atoms. The number of rotatable bonds is 4. The van der Waals surface area contributed by atoms with E-state index in [0.717, 1.165) is 0 Å². The van der Waals surface area contributed by atoms with Gasteiger partial charge in [-0.1, -0.05) is 48.6 Å². The van der Waals surface area contributed by atoms with Crippen LogP contribution in [0.15, 0.2) is 95.6 Å². The van der Waals surface area contributed by atoms with E-state index < -0.39 is 29.2 Å². The molecule has 4 aromatic rings. The molecule has 0 amide bonds. The monoisotopic (exact) mass is 519 g/mol. The van der Waals surface area contributed by atoms with Crippen LogP contribution in [0.4, 0.5) is 10.1 Å². The number of carbonyl (C=O) groups excluding carboxylic acids is 3. The van der Waals surface area contributed by atoms with E-state index in [1.165, 1.54) is 25.5 Å². The highest BCUT2D eigenvalue weighted by atomic mass is 19.1. The highest BCUT2D eigenvalue weighted by molar-refractivity contribution is 6.32. The minimum atomic E-state index is -1.66. The Morgan fingerprint density at radius 2 is 1.72 bits per heavy atom. The number of Topliss-reactive ketones (excluding diaryl/α,β-unsaturated/α-hetero) is 3. The van der Waals surface area contributed by atoms with Gasteiger partial charge in [0.2, 0.25) is 0 Å². The van der Waals surface area contributed by atoms with Gasteiger partial charge in [-0.25, -0.2) is 4.39 Å². The molecule has 0 unspecified atom stereocenters. The van der Waals surface area contributed by atoms with Gasteiger partial charge in [0.15, 0.2) is 17.3 Å². The van der Waals surface area contributed by atoms with Crippen molar-refractivity contribution < 1.29 is 27.9 Å². The quantitative estimate of drug-likeness (QED) is 0.253. The van der Waals surface area contributed by atoms with Crippen molar-refractivity contribution in [1.82, 2.24) is 0 Å². The summed E-state index contributed by atoms with van der Waals surface area (Å²) in [6.07, 6.45) is 4.95. The fraction of sp³-hybridized carbons (Fsp3) is 0.156. The van der Waals surface area contributed by atoms with Crippen LogP contribution in [-0.2, 0) is 0 Å². The van der Waals surface area contributed by atoms with Crippen LogP contribution in [0.3, 0.4) is 0 Å². The van der Waals surface area contributed by atoms with Crippen molar-refractivity contribution in [2.24, 2.45) is 5.41 Å². The number of carbonyl (C=O) groups is 3. The van der Waals surface area contributed by atoms with Gasteiger partial charge in [0.25, 0.3) is 0 Å². The topological polar surface area (TPSA) is 76.8 Å². The Hall–Kier alpha value is -4.78. The molecule has 3 aliphatic rings. The van der Waals surface area contributed by atoms with Crippen molar-refractivity contribution in [2.45, 2.75) is 18.0 Å². The summed E-state index contributed by atoms with van der Waals surface area (Å²) in [6.45, 7) is 0. The van der Waals surface area contributed by atoms with Gasteiger partial charge < -0.3 is 14.1 Å². The Labute approximate surface area is 223 Å². The minimum Gasteiger partial charge on any atom is -0.497 e. The summed E-state index contributed by atoms with van der Waals surface area (Å²) in [6, 6.07) is 19.4. The number of nitrogens with zero attached hydrogens (tertiary/aromatic N) is 1. The van der Waals surface area contributed by atoms with Gasteiger partial charge in [0, 0.05) is 27.9 Å². The number of anilines is 1. The van der Waals surface area contributed by atoms with E-state index >= 15 is 0 Å².